The van der Waals surface area contributed by atoms with Gasteiger partial charge in [0.1, 0.15) is 6.10 Å². The largest absolute Gasteiger partial charge is 0.481 e. The Hall–Kier alpha value is -5.63. The molecule has 0 saturated heterocycles. The Morgan fingerprint density at radius 3 is 1.46 bits per heavy atom. The molecule has 2 aromatic heterocycles. The Bertz CT molecular complexity index is 2190. The van der Waals surface area contributed by atoms with Gasteiger partial charge in [-0.25, -0.2) is 34.4 Å². The van der Waals surface area contributed by atoms with Crippen LogP contribution in [0.5, 0.6) is 23.5 Å². The highest BCUT2D eigenvalue weighted by molar-refractivity contribution is 7.93. The number of hydrogen-bond donors (Lipinski definition) is 3. The molecule has 26 heteroatoms. The van der Waals surface area contributed by atoms with Gasteiger partial charge >= 0.3 is 11.5 Å². The molecular formula is C28H24F8N6O10S2. The smallest absolute Gasteiger partial charge is 0.355 e. The van der Waals surface area contributed by atoms with Gasteiger partial charge in [-0.15, -0.1) is 0 Å². The third-order valence-electron chi connectivity index (χ3n) is 6.38. The predicted octanol–water partition coefficient (Wildman–Crippen LogP) is 3.79. The maximum Gasteiger partial charge on any atom is 0.355 e. The summed E-state index contributed by atoms with van der Waals surface area (Å²) in [5, 5.41) is 10.4. The molecule has 0 spiro atoms. The number of anilines is 2. The molecule has 0 aliphatic carbocycles. The number of aromatic nitrogens is 4. The normalized spacial score (nSPS) is 12.1. The molecule has 0 bridgehead atoms. The molecule has 0 radical (unpaired) electrons. The second-order valence-electron chi connectivity index (χ2n) is 9.74. The molecule has 16 nitrogen and oxygen atoms in total. The second kappa shape index (κ2) is 17.5. The summed E-state index contributed by atoms with van der Waals surface area (Å²) in [7, 11) is -5.80. The highest BCUT2D eigenvalue weighted by Crippen LogP contribution is 2.33. The Labute approximate surface area is 299 Å². The van der Waals surface area contributed by atoms with E-state index in [0.29, 0.717) is 18.2 Å². The lowest BCUT2D eigenvalue weighted by Gasteiger charge is -2.17. The maximum atomic E-state index is 14.1. The molecule has 1 atom stereocenters. The molecule has 0 amide bonds. The van der Waals surface area contributed by atoms with E-state index in [4.69, 9.17) is 18.9 Å². The van der Waals surface area contributed by atoms with Crippen molar-refractivity contribution < 1.29 is 80.8 Å². The molecule has 3 N–H and O–H groups in total. The van der Waals surface area contributed by atoms with Crippen LogP contribution in [0.25, 0.3) is 0 Å². The second-order valence-corrected chi connectivity index (χ2v) is 13.0. The topological polar surface area (TPSA) is 218 Å². The molecule has 0 fully saturated rings. The molecule has 54 heavy (non-hydrogen) atoms. The fraction of sp³-hybridized carbons (Fsp3) is 0.250. The molecule has 1 unspecified atom stereocenters. The van der Waals surface area contributed by atoms with Crippen LogP contribution in [0, 0.1) is 23.3 Å². The van der Waals surface area contributed by atoms with Crippen LogP contribution in [0.15, 0.2) is 36.4 Å². The van der Waals surface area contributed by atoms with Crippen LogP contribution in [0.4, 0.5) is 46.5 Å². The lowest BCUT2D eigenvalue weighted by Crippen LogP contribution is -2.23. The van der Waals surface area contributed by atoms with Crippen LogP contribution in [0.2, 0.25) is 0 Å². The number of benzene rings is 2. The maximum absolute atomic E-state index is 14.1. The standard InChI is InChI=1S/C14H13F4N3O5S.C14H11F4N3O5S/c2*1-25-8-5-9(26-2)20-13(19-8)12(22)6-3-4-7(15)10(16)11(6)21-27(23,24)14(17)18/h3-5,12,14,21-22H,1-2H3;3-5,14,21H,1-2H3. The van der Waals surface area contributed by atoms with Crippen molar-refractivity contribution in [2.75, 3.05) is 37.9 Å². The minimum Gasteiger partial charge on any atom is -0.481 e. The third-order valence-corrected chi connectivity index (χ3v) is 8.29. The van der Waals surface area contributed by atoms with Crippen molar-refractivity contribution in [3.8, 4) is 23.5 Å². The van der Waals surface area contributed by atoms with E-state index in [0.717, 1.165) is 6.07 Å². The fourth-order valence-electron chi connectivity index (χ4n) is 3.84. The number of nitrogens with one attached hydrogen (secondary N) is 2. The van der Waals surface area contributed by atoms with Gasteiger partial charge in [0.2, 0.25) is 35.1 Å². The van der Waals surface area contributed by atoms with Crippen LogP contribution in [0.1, 0.15) is 33.7 Å². The van der Waals surface area contributed by atoms with Crippen molar-refractivity contribution in [1.82, 2.24) is 19.9 Å². The first-order chi connectivity index (χ1) is 25.2. The zero-order chi connectivity index (χ0) is 40.7. The average molecular weight is 821 g/mol. The van der Waals surface area contributed by atoms with Crippen LogP contribution in [0.3, 0.4) is 0 Å². The van der Waals surface area contributed by atoms with E-state index in [1.54, 1.807) is 0 Å². The Morgan fingerprint density at radius 2 is 1.04 bits per heavy atom. The molecular weight excluding hydrogens is 796 g/mol. The number of aliphatic hydroxyl groups is 1. The number of aliphatic hydroxyl groups excluding tert-OH is 1. The third kappa shape index (κ3) is 9.86. The monoisotopic (exact) mass is 820 g/mol. The van der Waals surface area contributed by atoms with Gasteiger partial charge in [0.05, 0.1) is 57.5 Å². The number of rotatable bonds is 14. The Morgan fingerprint density at radius 1 is 0.648 bits per heavy atom. The van der Waals surface area contributed by atoms with E-state index >= 15 is 0 Å². The van der Waals surface area contributed by atoms with Gasteiger partial charge in [-0.3, -0.25) is 14.2 Å². The van der Waals surface area contributed by atoms with Crippen molar-refractivity contribution in [3.05, 3.63) is 82.4 Å². The number of hydrogen-bond acceptors (Lipinski definition) is 14. The number of methoxy groups -OCH3 is 4. The predicted molar refractivity (Wildman–Crippen MR) is 168 cm³/mol. The lowest BCUT2D eigenvalue weighted by molar-refractivity contribution is 0.102. The van der Waals surface area contributed by atoms with Gasteiger partial charge in [0.15, 0.2) is 29.1 Å². The van der Waals surface area contributed by atoms with E-state index < -0.39 is 101 Å². The number of halogens is 8. The number of ether oxygens (including phenoxy) is 4. The fourth-order valence-corrected chi connectivity index (χ4v) is 4.99. The van der Waals surface area contributed by atoms with Crippen LogP contribution < -0.4 is 28.4 Å². The van der Waals surface area contributed by atoms with Gasteiger partial charge in [-0.05, 0) is 18.2 Å². The first-order valence-corrected chi connectivity index (χ1v) is 17.0. The van der Waals surface area contributed by atoms with E-state index in [2.05, 4.69) is 19.9 Å². The van der Waals surface area contributed by atoms with Crippen molar-refractivity contribution in [2.45, 2.75) is 17.6 Å². The van der Waals surface area contributed by atoms with Gasteiger partial charge in [-0.2, -0.15) is 37.5 Å². The molecule has 4 rings (SSSR count). The van der Waals surface area contributed by atoms with E-state index in [-0.39, 0.29) is 23.5 Å². The van der Waals surface area contributed by atoms with Crippen LogP contribution in [-0.4, -0.2) is 87.6 Å². The number of sulfonamides is 2. The molecule has 4 aromatic rings. The summed E-state index contributed by atoms with van der Waals surface area (Å²) in [6, 6.07) is 5.04. The van der Waals surface area contributed by atoms with Crippen LogP contribution >= 0.6 is 0 Å². The van der Waals surface area contributed by atoms with Crippen molar-refractivity contribution in [2.24, 2.45) is 0 Å². The molecule has 2 aromatic carbocycles. The van der Waals surface area contributed by atoms with E-state index in [1.165, 1.54) is 50.0 Å². The first kappa shape index (κ1) is 42.8. The van der Waals surface area contributed by atoms with Gasteiger partial charge in [0.25, 0.3) is 20.0 Å². The first-order valence-electron chi connectivity index (χ1n) is 13.9. The quantitative estimate of drug-likeness (QED) is 0.122. The molecule has 0 saturated carbocycles. The Kier molecular flexibility index (Phi) is 13.8. The van der Waals surface area contributed by atoms with Crippen molar-refractivity contribution in [1.29, 1.82) is 0 Å². The summed E-state index contributed by atoms with van der Waals surface area (Å²) in [5.74, 6) is -17.2. The summed E-state index contributed by atoms with van der Waals surface area (Å²) >= 11 is 0. The van der Waals surface area contributed by atoms with Gasteiger partial charge in [-0.1, -0.05) is 6.07 Å². The van der Waals surface area contributed by atoms with E-state index in [1.807, 2.05) is 0 Å². The minimum absolute atomic E-state index is 0.0619. The molecule has 0 aliphatic rings. The van der Waals surface area contributed by atoms with Gasteiger partial charge in [0, 0.05) is 5.56 Å². The molecule has 0 aliphatic heterocycles. The highest BCUT2D eigenvalue weighted by Gasteiger charge is 2.32. The van der Waals surface area contributed by atoms with Gasteiger partial charge < -0.3 is 24.1 Å². The molecule has 2 heterocycles. The number of carbonyl (C=O) groups excluding carboxylic acids is 1. The summed E-state index contributed by atoms with van der Waals surface area (Å²) in [5.41, 5.74) is -3.90. The number of alkyl halides is 4. The summed E-state index contributed by atoms with van der Waals surface area (Å²) in [6.07, 6.45) is -1.93. The average Bonchev–Trinajstić information content (AvgIpc) is 3.14. The van der Waals surface area contributed by atoms with Crippen molar-refractivity contribution >= 4 is 37.2 Å². The van der Waals surface area contributed by atoms with Crippen molar-refractivity contribution in [3.63, 3.8) is 0 Å². The number of nitrogens with zero attached hydrogens (tertiary/aromatic N) is 4. The highest BCUT2D eigenvalue weighted by atomic mass is 32.2. The lowest BCUT2D eigenvalue weighted by atomic mass is 10.1. The zero-order valence-electron chi connectivity index (χ0n) is 27.4. The summed E-state index contributed by atoms with van der Waals surface area (Å²) < 4.78 is 173. The zero-order valence-corrected chi connectivity index (χ0v) is 29.1. The number of ketones is 1. The summed E-state index contributed by atoms with van der Waals surface area (Å²) in [6.45, 7) is 0. The minimum atomic E-state index is -5.39. The SMILES string of the molecule is COc1cc(OC)nc(C(=O)c2ccc(F)c(F)c2NS(=O)(=O)C(F)F)n1.COc1cc(OC)nc(C(O)c2ccc(F)c(F)c2NS(=O)(=O)C(F)F)n1. The Balaban J connectivity index is 0.000000290. The summed E-state index contributed by atoms with van der Waals surface area (Å²) in [4.78, 5) is 27.6. The number of carbonyl (C=O) groups is 1. The van der Waals surface area contributed by atoms with E-state index in [9.17, 15) is 61.9 Å². The molecule has 294 valence electrons. The van der Waals surface area contributed by atoms with Crippen LogP contribution in [-0.2, 0) is 20.0 Å².